The minimum atomic E-state index is 0.322. The number of rotatable bonds is 24. The summed E-state index contributed by atoms with van der Waals surface area (Å²) in [4.78, 5) is 0. The molecule has 33 heavy (non-hydrogen) atoms. The predicted octanol–water partition coefficient (Wildman–Crippen LogP) is 11.5. The molecule has 0 amide bonds. The van der Waals surface area contributed by atoms with E-state index in [1.807, 2.05) is 0 Å². The number of hydrogen-bond acceptors (Lipinski definition) is 1. The molecule has 0 aromatic rings. The van der Waals surface area contributed by atoms with Crippen LogP contribution in [0, 0.1) is 0 Å². The lowest BCUT2D eigenvalue weighted by atomic mass is 9.74. The molecular weight excluding hydrogens is 400 g/mol. The number of fused-ring (bicyclic) bond motifs is 1. The molecule has 1 aliphatic heterocycles. The van der Waals surface area contributed by atoms with Crippen molar-refractivity contribution in [3.63, 3.8) is 0 Å². The van der Waals surface area contributed by atoms with Crippen molar-refractivity contribution < 1.29 is 4.74 Å². The lowest BCUT2D eigenvalue weighted by molar-refractivity contribution is 0.243. The fourth-order valence-corrected chi connectivity index (χ4v) is 6.68. The van der Waals surface area contributed by atoms with Gasteiger partial charge in [-0.2, -0.15) is 0 Å². The highest BCUT2D eigenvalue weighted by atomic mass is 16.6. The van der Waals surface area contributed by atoms with Crippen LogP contribution >= 0.6 is 0 Å². The molecule has 2 aliphatic rings. The molecule has 1 aliphatic carbocycles. The maximum Gasteiger partial charge on any atom is 0.0980 e. The molecule has 1 heteroatoms. The zero-order valence-corrected chi connectivity index (χ0v) is 23.2. The van der Waals surface area contributed by atoms with E-state index in [0.29, 0.717) is 11.2 Å². The van der Waals surface area contributed by atoms with E-state index in [4.69, 9.17) is 4.74 Å². The van der Waals surface area contributed by atoms with Crippen molar-refractivity contribution >= 4 is 0 Å². The van der Waals surface area contributed by atoms with Gasteiger partial charge in [-0.1, -0.05) is 168 Å². The molecule has 0 radical (unpaired) electrons. The molecule has 196 valence electrons. The van der Waals surface area contributed by atoms with Crippen LogP contribution in [0.3, 0.4) is 0 Å². The highest BCUT2D eigenvalue weighted by Crippen LogP contribution is 2.62. The SMILES string of the molecule is CCCCCCCCCCCCCC12CCCCC1(CCCCCCCCCCCCC)O2. The fraction of sp³-hybridized carbons (Fsp3) is 1.00. The van der Waals surface area contributed by atoms with Gasteiger partial charge in [-0.15, -0.1) is 0 Å². The Balaban J connectivity index is 1.44. The lowest BCUT2D eigenvalue weighted by Crippen LogP contribution is -2.30. The van der Waals surface area contributed by atoms with Crippen molar-refractivity contribution in [2.75, 3.05) is 0 Å². The summed E-state index contributed by atoms with van der Waals surface area (Å²) in [5.74, 6) is 0. The summed E-state index contributed by atoms with van der Waals surface area (Å²) in [7, 11) is 0. The van der Waals surface area contributed by atoms with E-state index in [9.17, 15) is 0 Å². The number of hydrogen-bond donors (Lipinski definition) is 0. The van der Waals surface area contributed by atoms with Gasteiger partial charge in [0.25, 0.3) is 0 Å². The maximum atomic E-state index is 6.64. The van der Waals surface area contributed by atoms with Gasteiger partial charge in [-0.05, 0) is 25.7 Å². The van der Waals surface area contributed by atoms with Crippen LogP contribution in [0.25, 0.3) is 0 Å². The molecule has 1 saturated heterocycles. The normalized spacial score (nSPS) is 24.2. The Morgan fingerprint density at radius 1 is 0.394 bits per heavy atom. The molecule has 0 aromatic heterocycles. The summed E-state index contributed by atoms with van der Waals surface area (Å²) >= 11 is 0. The number of epoxide rings is 1. The summed E-state index contributed by atoms with van der Waals surface area (Å²) in [6.07, 6.45) is 40.1. The third-order valence-corrected chi connectivity index (χ3v) is 8.96. The largest absolute Gasteiger partial charge is 0.363 e. The monoisotopic (exact) mass is 462 g/mol. The molecule has 1 heterocycles. The van der Waals surface area contributed by atoms with E-state index in [2.05, 4.69) is 13.8 Å². The summed E-state index contributed by atoms with van der Waals surface area (Å²) in [6, 6.07) is 0. The molecule has 0 N–H and O–H groups in total. The van der Waals surface area contributed by atoms with Gasteiger partial charge in [-0.25, -0.2) is 0 Å². The van der Waals surface area contributed by atoms with Gasteiger partial charge in [-0.3, -0.25) is 0 Å². The van der Waals surface area contributed by atoms with Crippen LogP contribution in [0.15, 0.2) is 0 Å². The first-order valence-corrected chi connectivity index (χ1v) is 16.0. The van der Waals surface area contributed by atoms with Crippen LogP contribution < -0.4 is 0 Å². The van der Waals surface area contributed by atoms with E-state index in [-0.39, 0.29) is 0 Å². The molecule has 0 spiro atoms. The van der Waals surface area contributed by atoms with Crippen LogP contribution in [0.1, 0.15) is 194 Å². The molecule has 1 saturated carbocycles. The first-order chi connectivity index (χ1) is 16.3. The average molecular weight is 463 g/mol. The summed E-state index contributed by atoms with van der Waals surface area (Å²) in [6.45, 7) is 4.62. The smallest absolute Gasteiger partial charge is 0.0980 e. The van der Waals surface area contributed by atoms with Gasteiger partial charge in [0, 0.05) is 0 Å². The van der Waals surface area contributed by atoms with Crippen LogP contribution in [0.4, 0.5) is 0 Å². The minimum absolute atomic E-state index is 0.322. The van der Waals surface area contributed by atoms with Crippen molar-refractivity contribution in [1.82, 2.24) is 0 Å². The van der Waals surface area contributed by atoms with E-state index in [1.165, 1.54) is 180 Å². The highest BCUT2D eigenvalue weighted by Gasteiger charge is 2.68. The van der Waals surface area contributed by atoms with Crippen molar-refractivity contribution in [2.24, 2.45) is 0 Å². The highest BCUT2D eigenvalue weighted by molar-refractivity contribution is 5.17. The molecule has 1 nitrogen and oxygen atoms in total. The average Bonchev–Trinajstić information content (AvgIpc) is 3.50. The topological polar surface area (TPSA) is 12.5 Å². The van der Waals surface area contributed by atoms with E-state index < -0.39 is 0 Å². The first kappa shape index (κ1) is 29.2. The zero-order chi connectivity index (χ0) is 23.5. The van der Waals surface area contributed by atoms with E-state index in [1.54, 1.807) is 0 Å². The Hall–Kier alpha value is -0.0400. The van der Waals surface area contributed by atoms with Crippen molar-refractivity contribution in [2.45, 2.75) is 205 Å². The third-order valence-electron chi connectivity index (χ3n) is 8.96. The molecule has 2 rings (SSSR count). The van der Waals surface area contributed by atoms with Gasteiger partial charge in [0.05, 0.1) is 11.2 Å². The van der Waals surface area contributed by atoms with Gasteiger partial charge in [0.1, 0.15) is 0 Å². The fourth-order valence-electron chi connectivity index (χ4n) is 6.68. The summed E-state index contributed by atoms with van der Waals surface area (Å²) < 4.78 is 6.64. The first-order valence-electron chi connectivity index (χ1n) is 16.0. The number of unbranched alkanes of at least 4 members (excludes halogenated alkanes) is 20. The van der Waals surface area contributed by atoms with Crippen molar-refractivity contribution in [1.29, 1.82) is 0 Å². The lowest BCUT2D eigenvalue weighted by Gasteiger charge is -2.25. The van der Waals surface area contributed by atoms with Crippen LogP contribution in [-0.4, -0.2) is 11.2 Å². The Labute approximate surface area is 209 Å². The third kappa shape index (κ3) is 11.5. The van der Waals surface area contributed by atoms with Crippen molar-refractivity contribution in [3.8, 4) is 0 Å². The van der Waals surface area contributed by atoms with Crippen LogP contribution in [0.5, 0.6) is 0 Å². The number of ether oxygens (including phenoxy) is 1. The minimum Gasteiger partial charge on any atom is -0.363 e. The Kier molecular flexibility index (Phi) is 16.2. The summed E-state index contributed by atoms with van der Waals surface area (Å²) in [5.41, 5.74) is 0.645. The summed E-state index contributed by atoms with van der Waals surface area (Å²) in [5, 5.41) is 0. The molecule has 0 aromatic carbocycles. The molecule has 2 atom stereocenters. The quantitative estimate of drug-likeness (QED) is 0.103. The Morgan fingerprint density at radius 3 is 0.970 bits per heavy atom. The predicted molar refractivity (Wildman–Crippen MR) is 147 cm³/mol. The second-order valence-electron chi connectivity index (χ2n) is 11.9. The second-order valence-corrected chi connectivity index (χ2v) is 11.9. The van der Waals surface area contributed by atoms with Crippen molar-refractivity contribution in [3.05, 3.63) is 0 Å². The van der Waals surface area contributed by atoms with Gasteiger partial charge >= 0.3 is 0 Å². The molecule has 2 fully saturated rings. The molecule has 2 unspecified atom stereocenters. The van der Waals surface area contributed by atoms with Gasteiger partial charge < -0.3 is 4.74 Å². The van der Waals surface area contributed by atoms with Gasteiger partial charge in [0.2, 0.25) is 0 Å². The standard InChI is InChI=1S/C32H62O/c1-3-5-7-9-11-13-15-17-19-21-23-27-31-29-25-26-30-32(31,33-31)28-24-22-20-18-16-14-12-10-8-6-4-2/h3-30H2,1-2H3. The maximum absolute atomic E-state index is 6.64. The molecular formula is C32H62O. The second kappa shape index (κ2) is 18.3. The Morgan fingerprint density at radius 2 is 0.667 bits per heavy atom. The van der Waals surface area contributed by atoms with Crippen LogP contribution in [-0.2, 0) is 4.74 Å². The van der Waals surface area contributed by atoms with Crippen LogP contribution in [0.2, 0.25) is 0 Å². The Bertz CT molecular complexity index is 406. The van der Waals surface area contributed by atoms with E-state index >= 15 is 0 Å². The molecule has 0 bridgehead atoms. The van der Waals surface area contributed by atoms with Gasteiger partial charge in [0.15, 0.2) is 0 Å². The van der Waals surface area contributed by atoms with E-state index in [0.717, 1.165) is 0 Å². The zero-order valence-electron chi connectivity index (χ0n) is 23.2.